The fourth-order valence-electron chi connectivity index (χ4n) is 3.89. The fraction of sp³-hybridized carbons (Fsp3) is 0.200. The molecule has 0 fully saturated rings. The number of ether oxygens (including phenoxy) is 2. The van der Waals surface area contributed by atoms with E-state index in [1.54, 1.807) is 26.4 Å². The van der Waals surface area contributed by atoms with E-state index in [0.29, 0.717) is 30.2 Å². The van der Waals surface area contributed by atoms with Crippen molar-refractivity contribution in [3.63, 3.8) is 0 Å². The molecule has 35 heavy (non-hydrogen) atoms. The highest BCUT2D eigenvalue weighted by molar-refractivity contribution is 6.31. The van der Waals surface area contributed by atoms with Crippen LogP contribution < -0.4 is 20.1 Å². The standard InChI is InChI=1S/C25H23ClN4O5/c1-34-23-12-16-9-10-27-21(19(16)14-24(23)35-2)11-15-3-6-18(7-4-15)28-25(31)29-20-8-5-17(26)13-22(20)30(32)33/h3-8,12-14H,9-11H2,1-2H3,(H2,28,29,31). The molecular weight excluding hydrogens is 472 g/mol. The largest absolute Gasteiger partial charge is 0.493 e. The molecule has 10 heteroatoms. The van der Waals surface area contributed by atoms with Crippen LogP contribution in [-0.2, 0) is 12.8 Å². The van der Waals surface area contributed by atoms with Crippen LogP contribution in [0.4, 0.5) is 21.9 Å². The van der Waals surface area contributed by atoms with Crippen LogP contribution in [-0.4, -0.2) is 37.4 Å². The molecule has 4 rings (SSSR count). The normalized spacial score (nSPS) is 12.3. The van der Waals surface area contributed by atoms with E-state index in [-0.39, 0.29) is 16.4 Å². The van der Waals surface area contributed by atoms with Crippen molar-refractivity contribution >= 4 is 40.4 Å². The van der Waals surface area contributed by atoms with Gasteiger partial charge in [-0.2, -0.15) is 0 Å². The summed E-state index contributed by atoms with van der Waals surface area (Å²) in [5.74, 6) is 1.36. The monoisotopic (exact) mass is 494 g/mol. The number of aliphatic imine (C=N–C) groups is 1. The molecule has 9 nitrogen and oxygen atoms in total. The molecule has 2 amide bonds. The summed E-state index contributed by atoms with van der Waals surface area (Å²) in [7, 11) is 3.23. The van der Waals surface area contributed by atoms with Crippen molar-refractivity contribution in [2.75, 3.05) is 31.4 Å². The molecule has 0 radical (unpaired) electrons. The summed E-state index contributed by atoms with van der Waals surface area (Å²) in [4.78, 5) is 27.7. The number of benzene rings is 3. The minimum atomic E-state index is -0.603. The lowest BCUT2D eigenvalue weighted by Gasteiger charge is -2.20. The maximum atomic E-state index is 12.4. The van der Waals surface area contributed by atoms with E-state index < -0.39 is 11.0 Å². The van der Waals surface area contributed by atoms with Crippen LogP contribution in [0.15, 0.2) is 59.6 Å². The summed E-state index contributed by atoms with van der Waals surface area (Å²) in [5, 5.41) is 16.6. The Labute approximate surface area is 206 Å². The number of nitrogens with zero attached hydrogens (tertiary/aromatic N) is 2. The van der Waals surface area contributed by atoms with Crippen molar-refractivity contribution in [3.8, 4) is 11.5 Å². The number of carbonyl (C=O) groups is 1. The molecule has 0 atom stereocenters. The molecule has 1 aliphatic rings. The van der Waals surface area contributed by atoms with Crippen LogP contribution in [0.25, 0.3) is 0 Å². The number of urea groups is 1. The lowest BCUT2D eigenvalue weighted by molar-refractivity contribution is -0.383. The summed E-state index contributed by atoms with van der Waals surface area (Å²) in [6.07, 6.45) is 1.45. The van der Waals surface area contributed by atoms with Crippen LogP contribution in [0, 0.1) is 10.1 Å². The predicted octanol–water partition coefficient (Wildman–Crippen LogP) is 5.50. The minimum absolute atomic E-state index is 0.0505. The van der Waals surface area contributed by atoms with Gasteiger partial charge in [0.15, 0.2) is 11.5 Å². The number of methoxy groups -OCH3 is 2. The average Bonchev–Trinajstić information content (AvgIpc) is 2.85. The van der Waals surface area contributed by atoms with Gasteiger partial charge in [0, 0.05) is 41.0 Å². The summed E-state index contributed by atoms with van der Waals surface area (Å²) >= 11 is 5.82. The molecule has 3 aromatic rings. The molecule has 0 aromatic heterocycles. The zero-order chi connectivity index (χ0) is 24.9. The Morgan fingerprint density at radius 2 is 1.77 bits per heavy atom. The molecular formula is C25H23ClN4O5. The van der Waals surface area contributed by atoms with Gasteiger partial charge in [0.1, 0.15) is 5.69 Å². The summed E-state index contributed by atoms with van der Waals surface area (Å²) in [5.41, 5.74) is 4.49. The first-order chi connectivity index (χ1) is 16.9. The number of amides is 2. The summed E-state index contributed by atoms with van der Waals surface area (Å²) in [6, 6.07) is 14.7. The van der Waals surface area contributed by atoms with Gasteiger partial charge in [-0.05, 0) is 53.9 Å². The second-order valence-corrected chi connectivity index (χ2v) is 8.25. The van der Waals surface area contributed by atoms with Gasteiger partial charge in [-0.15, -0.1) is 0 Å². The van der Waals surface area contributed by atoms with Crippen LogP contribution in [0.3, 0.4) is 0 Å². The molecule has 0 spiro atoms. The first-order valence-electron chi connectivity index (χ1n) is 10.8. The molecule has 180 valence electrons. The average molecular weight is 495 g/mol. The molecule has 1 heterocycles. The van der Waals surface area contributed by atoms with Crippen molar-refractivity contribution < 1.29 is 19.2 Å². The van der Waals surface area contributed by atoms with Crippen molar-refractivity contribution in [2.45, 2.75) is 12.8 Å². The molecule has 0 saturated heterocycles. The number of halogens is 1. The van der Waals surface area contributed by atoms with Crippen LogP contribution in [0.5, 0.6) is 11.5 Å². The van der Waals surface area contributed by atoms with Crippen molar-refractivity contribution in [2.24, 2.45) is 4.99 Å². The lowest BCUT2D eigenvalue weighted by Crippen LogP contribution is -2.20. The molecule has 1 aliphatic heterocycles. The Balaban J connectivity index is 1.44. The predicted molar refractivity (Wildman–Crippen MR) is 136 cm³/mol. The van der Waals surface area contributed by atoms with Crippen LogP contribution >= 0.6 is 11.6 Å². The SMILES string of the molecule is COc1cc2c(cc1OC)C(Cc1ccc(NC(=O)Nc3ccc(Cl)cc3[N+](=O)[O-])cc1)=NCC2. The first-order valence-corrected chi connectivity index (χ1v) is 11.1. The quantitative estimate of drug-likeness (QED) is 0.332. The highest BCUT2D eigenvalue weighted by Gasteiger charge is 2.19. The molecule has 2 N–H and O–H groups in total. The van der Waals surface area contributed by atoms with Gasteiger partial charge < -0.3 is 20.1 Å². The van der Waals surface area contributed by atoms with E-state index in [1.165, 1.54) is 23.8 Å². The second-order valence-electron chi connectivity index (χ2n) is 7.81. The Bertz CT molecular complexity index is 1310. The molecule has 0 saturated carbocycles. The minimum Gasteiger partial charge on any atom is -0.493 e. The van der Waals surface area contributed by atoms with Crippen molar-refractivity contribution in [1.29, 1.82) is 0 Å². The van der Waals surface area contributed by atoms with Crippen molar-refractivity contribution in [3.05, 3.63) is 86.4 Å². The van der Waals surface area contributed by atoms with Gasteiger partial charge in [0.05, 0.1) is 19.1 Å². The number of carbonyl (C=O) groups excluding carboxylic acids is 1. The number of anilines is 2. The number of nitro benzene ring substituents is 1. The van der Waals surface area contributed by atoms with E-state index in [0.717, 1.165) is 23.3 Å². The smallest absolute Gasteiger partial charge is 0.323 e. The molecule has 0 aliphatic carbocycles. The highest BCUT2D eigenvalue weighted by Crippen LogP contribution is 2.33. The second kappa shape index (κ2) is 10.4. The van der Waals surface area contributed by atoms with Gasteiger partial charge in [0.2, 0.25) is 0 Å². The van der Waals surface area contributed by atoms with Crippen LogP contribution in [0.1, 0.15) is 16.7 Å². The number of rotatable bonds is 7. The van der Waals surface area contributed by atoms with E-state index in [4.69, 9.17) is 26.1 Å². The zero-order valence-corrected chi connectivity index (χ0v) is 19.9. The number of fused-ring (bicyclic) bond motifs is 1. The fourth-order valence-corrected chi connectivity index (χ4v) is 4.06. The maximum Gasteiger partial charge on any atom is 0.323 e. The van der Waals surface area contributed by atoms with E-state index >= 15 is 0 Å². The Morgan fingerprint density at radius 3 is 2.46 bits per heavy atom. The number of nitrogens with one attached hydrogen (secondary N) is 2. The molecule has 0 bridgehead atoms. The summed E-state index contributed by atoms with van der Waals surface area (Å²) in [6.45, 7) is 0.703. The zero-order valence-electron chi connectivity index (χ0n) is 19.1. The van der Waals surface area contributed by atoms with Gasteiger partial charge >= 0.3 is 6.03 Å². The van der Waals surface area contributed by atoms with Gasteiger partial charge in [-0.1, -0.05) is 23.7 Å². The number of hydrogen-bond acceptors (Lipinski definition) is 6. The van der Waals surface area contributed by atoms with E-state index in [1.807, 2.05) is 24.3 Å². The van der Waals surface area contributed by atoms with E-state index in [9.17, 15) is 14.9 Å². The Hall–Kier alpha value is -4.11. The lowest BCUT2D eigenvalue weighted by atomic mass is 9.93. The topological polar surface area (TPSA) is 115 Å². The van der Waals surface area contributed by atoms with Gasteiger partial charge in [-0.25, -0.2) is 4.79 Å². The first kappa shape index (κ1) is 24.0. The van der Waals surface area contributed by atoms with Crippen LogP contribution in [0.2, 0.25) is 5.02 Å². The van der Waals surface area contributed by atoms with Gasteiger partial charge in [0.25, 0.3) is 5.69 Å². The Morgan fingerprint density at radius 1 is 1.06 bits per heavy atom. The summed E-state index contributed by atoms with van der Waals surface area (Å²) < 4.78 is 10.9. The number of nitro groups is 1. The van der Waals surface area contributed by atoms with Gasteiger partial charge in [-0.3, -0.25) is 15.1 Å². The third-order valence-electron chi connectivity index (χ3n) is 5.59. The highest BCUT2D eigenvalue weighted by atomic mass is 35.5. The third-order valence-corrected chi connectivity index (χ3v) is 5.83. The molecule has 0 unspecified atom stereocenters. The molecule has 3 aromatic carbocycles. The maximum absolute atomic E-state index is 12.4. The Kier molecular flexibility index (Phi) is 7.17. The number of hydrogen-bond donors (Lipinski definition) is 2. The third kappa shape index (κ3) is 5.52. The van der Waals surface area contributed by atoms with Crippen molar-refractivity contribution in [1.82, 2.24) is 0 Å². The van der Waals surface area contributed by atoms with E-state index in [2.05, 4.69) is 10.6 Å².